The summed E-state index contributed by atoms with van der Waals surface area (Å²) in [6.07, 6.45) is 4.82. The molecule has 0 aromatic heterocycles. The van der Waals surface area contributed by atoms with Crippen LogP contribution in [0.4, 0.5) is 10.1 Å². The Labute approximate surface area is 139 Å². The molecule has 0 bridgehead atoms. The van der Waals surface area contributed by atoms with Crippen molar-refractivity contribution in [3.05, 3.63) is 29.6 Å². The van der Waals surface area contributed by atoms with Gasteiger partial charge in [0.25, 0.3) is 0 Å². The van der Waals surface area contributed by atoms with E-state index in [2.05, 4.69) is 6.92 Å². The van der Waals surface area contributed by atoms with Gasteiger partial charge in [-0.2, -0.15) is 0 Å². The summed E-state index contributed by atoms with van der Waals surface area (Å²) in [4.78, 5) is 4.81. The number of hydrogen-bond acceptors (Lipinski definition) is 3. The molecule has 2 atom stereocenters. The van der Waals surface area contributed by atoms with Gasteiger partial charge in [-0.3, -0.25) is 4.99 Å². The first-order valence-corrected chi connectivity index (χ1v) is 8.57. The summed E-state index contributed by atoms with van der Waals surface area (Å²) in [5.74, 6) is 0.848. The minimum Gasteiger partial charge on any atom is -0.381 e. The van der Waals surface area contributed by atoms with Crippen LogP contribution < -0.4 is 5.73 Å². The van der Waals surface area contributed by atoms with Gasteiger partial charge in [0, 0.05) is 18.9 Å². The van der Waals surface area contributed by atoms with E-state index in [1.54, 1.807) is 13.2 Å². The van der Waals surface area contributed by atoms with Crippen LogP contribution in [0.3, 0.4) is 0 Å². The normalized spacial score (nSPS) is 24.2. The van der Waals surface area contributed by atoms with E-state index in [1.165, 1.54) is 12.1 Å². The lowest BCUT2D eigenvalue weighted by molar-refractivity contribution is -0.00446. The number of aliphatic imine (C=N–C) groups is 1. The fraction of sp³-hybridized carbons (Fsp3) is 0.632. The molecule has 1 aromatic carbocycles. The van der Waals surface area contributed by atoms with Crippen molar-refractivity contribution in [3.63, 3.8) is 0 Å². The van der Waals surface area contributed by atoms with Gasteiger partial charge in [0.05, 0.1) is 11.8 Å². The van der Waals surface area contributed by atoms with Crippen molar-refractivity contribution in [1.29, 1.82) is 0 Å². The summed E-state index contributed by atoms with van der Waals surface area (Å²) in [7, 11) is 1.78. The number of halogens is 1. The van der Waals surface area contributed by atoms with Crippen molar-refractivity contribution in [2.45, 2.75) is 58.6 Å². The first-order chi connectivity index (χ1) is 10.9. The molecule has 2 unspecified atom stereocenters. The third kappa shape index (κ3) is 4.61. The van der Waals surface area contributed by atoms with E-state index in [0.29, 0.717) is 17.9 Å². The zero-order valence-electron chi connectivity index (χ0n) is 14.7. The highest BCUT2D eigenvalue weighted by Crippen LogP contribution is 2.36. The van der Waals surface area contributed by atoms with Crippen LogP contribution in [0.15, 0.2) is 23.2 Å². The minimum absolute atomic E-state index is 0.0947. The second kappa shape index (κ2) is 8.02. The molecule has 0 saturated heterocycles. The van der Waals surface area contributed by atoms with Crippen molar-refractivity contribution >= 4 is 11.4 Å². The predicted molar refractivity (Wildman–Crippen MR) is 93.8 cm³/mol. The highest BCUT2D eigenvalue weighted by Gasteiger charge is 2.32. The van der Waals surface area contributed by atoms with Gasteiger partial charge in [-0.05, 0) is 75.1 Å². The molecular weight excluding hydrogens is 291 g/mol. The van der Waals surface area contributed by atoms with Crippen LogP contribution in [0.1, 0.15) is 45.1 Å². The SMILES string of the molecule is CCC(CC1CC(OC)C1)C(=Nc1ccc(F)cc1C)C(C)N. The lowest BCUT2D eigenvalue weighted by Crippen LogP contribution is -2.37. The largest absolute Gasteiger partial charge is 0.381 e. The standard InChI is InChI=1S/C19H29FN2O/c1-5-15(9-14-10-17(11-14)23-4)19(13(3)21)22-18-7-6-16(20)8-12(18)2/h6-8,13-15,17H,5,9-11,21H2,1-4H3. The molecule has 0 aliphatic heterocycles. The number of benzene rings is 1. The summed E-state index contributed by atoms with van der Waals surface area (Å²) in [5, 5.41) is 0. The molecule has 2 N–H and O–H groups in total. The number of nitrogens with two attached hydrogens (primary N) is 1. The number of nitrogens with zero attached hydrogens (tertiary/aromatic N) is 1. The Morgan fingerprint density at radius 3 is 2.65 bits per heavy atom. The van der Waals surface area contributed by atoms with Gasteiger partial charge >= 0.3 is 0 Å². The molecule has 1 aliphatic carbocycles. The van der Waals surface area contributed by atoms with Crippen molar-refractivity contribution in [1.82, 2.24) is 0 Å². The van der Waals surface area contributed by atoms with Crippen LogP contribution in [-0.4, -0.2) is 25.0 Å². The van der Waals surface area contributed by atoms with Crippen molar-refractivity contribution in [2.24, 2.45) is 22.6 Å². The summed E-state index contributed by atoms with van der Waals surface area (Å²) < 4.78 is 18.7. The molecule has 3 nitrogen and oxygen atoms in total. The molecule has 23 heavy (non-hydrogen) atoms. The maximum Gasteiger partial charge on any atom is 0.123 e. The zero-order chi connectivity index (χ0) is 17.0. The summed E-state index contributed by atoms with van der Waals surface area (Å²) >= 11 is 0. The van der Waals surface area contributed by atoms with Crippen molar-refractivity contribution < 1.29 is 9.13 Å². The smallest absolute Gasteiger partial charge is 0.123 e. The lowest BCUT2D eigenvalue weighted by Gasteiger charge is -2.37. The molecule has 1 aliphatic rings. The molecule has 0 amide bonds. The quantitative estimate of drug-likeness (QED) is 0.757. The topological polar surface area (TPSA) is 47.6 Å². The van der Waals surface area contributed by atoms with Gasteiger partial charge in [0.2, 0.25) is 0 Å². The number of hydrogen-bond donors (Lipinski definition) is 1. The van der Waals surface area contributed by atoms with Crippen LogP contribution >= 0.6 is 0 Å². The molecular formula is C19H29FN2O. The maximum absolute atomic E-state index is 13.3. The van der Waals surface area contributed by atoms with Crippen LogP contribution in [0.5, 0.6) is 0 Å². The Hall–Kier alpha value is -1.26. The number of methoxy groups -OCH3 is 1. The van der Waals surface area contributed by atoms with Gasteiger partial charge < -0.3 is 10.5 Å². The Balaban J connectivity index is 2.16. The van der Waals surface area contributed by atoms with Crippen molar-refractivity contribution in [3.8, 4) is 0 Å². The fourth-order valence-electron chi connectivity index (χ4n) is 3.41. The van der Waals surface area contributed by atoms with Gasteiger partial charge in [0.15, 0.2) is 0 Å². The van der Waals surface area contributed by atoms with Gasteiger partial charge in [-0.1, -0.05) is 6.92 Å². The lowest BCUT2D eigenvalue weighted by atomic mass is 9.74. The Bertz CT molecular complexity index is 550. The highest BCUT2D eigenvalue weighted by molar-refractivity contribution is 5.93. The Morgan fingerprint density at radius 1 is 1.43 bits per heavy atom. The fourth-order valence-corrected chi connectivity index (χ4v) is 3.41. The molecule has 128 valence electrons. The summed E-state index contributed by atoms with van der Waals surface area (Å²) in [6.45, 7) is 6.06. The first-order valence-electron chi connectivity index (χ1n) is 8.57. The Morgan fingerprint density at radius 2 is 2.13 bits per heavy atom. The second-order valence-corrected chi connectivity index (χ2v) is 6.79. The van der Waals surface area contributed by atoms with E-state index in [0.717, 1.165) is 42.6 Å². The summed E-state index contributed by atoms with van der Waals surface area (Å²) in [6, 6.07) is 4.63. The molecule has 0 radical (unpaired) electrons. The van der Waals surface area contributed by atoms with Crippen molar-refractivity contribution in [2.75, 3.05) is 7.11 Å². The third-order valence-corrected chi connectivity index (χ3v) is 4.93. The van der Waals surface area contributed by atoms with E-state index in [1.807, 2.05) is 13.8 Å². The number of ether oxygens (including phenoxy) is 1. The first kappa shape index (κ1) is 18.1. The van der Waals surface area contributed by atoms with E-state index in [9.17, 15) is 4.39 Å². The average Bonchev–Trinajstić information content (AvgIpc) is 2.46. The molecule has 1 saturated carbocycles. The van der Waals surface area contributed by atoms with Gasteiger partial charge in [-0.25, -0.2) is 4.39 Å². The molecule has 1 aromatic rings. The van der Waals surface area contributed by atoms with Crippen LogP contribution in [0, 0.1) is 24.6 Å². The van der Waals surface area contributed by atoms with Crippen LogP contribution in [-0.2, 0) is 4.74 Å². The van der Waals surface area contributed by atoms with Gasteiger partial charge in [-0.15, -0.1) is 0 Å². The van der Waals surface area contributed by atoms with Crippen LogP contribution in [0.2, 0.25) is 0 Å². The van der Waals surface area contributed by atoms with Gasteiger partial charge in [0.1, 0.15) is 5.82 Å². The van der Waals surface area contributed by atoms with Crippen LogP contribution in [0.25, 0.3) is 0 Å². The molecule has 4 heteroatoms. The van der Waals surface area contributed by atoms with E-state index < -0.39 is 0 Å². The Kier molecular flexibility index (Phi) is 6.31. The van der Waals surface area contributed by atoms with E-state index >= 15 is 0 Å². The third-order valence-electron chi connectivity index (χ3n) is 4.93. The highest BCUT2D eigenvalue weighted by atomic mass is 19.1. The molecule has 0 heterocycles. The van der Waals surface area contributed by atoms with E-state index in [-0.39, 0.29) is 11.9 Å². The molecule has 0 spiro atoms. The minimum atomic E-state index is -0.226. The van der Waals surface area contributed by atoms with E-state index in [4.69, 9.17) is 15.5 Å². The predicted octanol–water partition coefficient (Wildman–Crippen LogP) is 4.40. The summed E-state index contributed by atoms with van der Waals surface area (Å²) in [5.41, 5.74) is 8.90. The number of rotatable bonds is 7. The monoisotopic (exact) mass is 320 g/mol. The zero-order valence-corrected chi connectivity index (χ0v) is 14.7. The maximum atomic E-state index is 13.3. The molecule has 1 fully saturated rings. The number of aryl methyl sites for hydroxylation is 1. The average molecular weight is 320 g/mol. The second-order valence-electron chi connectivity index (χ2n) is 6.79. The molecule has 2 rings (SSSR count).